The first-order valence-electron chi connectivity index (χ1n) is 6.32. The van der Waals surface area contributed by atoms with E-state index in [0.29, 0.717) is 18.7 Å². The number of carbonyl (C=O) groups is 1. The molecule has 0 fully saturated rings. The average molecular weight is 282 g/mol. The molecule has 1 aliphatic heterocycles. The summed E-state index contributed by atoms with van der Waals surface area (Å²) in [6.07, 6.45) is 3.42. The maximum absolute atomic E-state index is 11.9. The van der Waals surface area contributed by atoms with Gasteiger partial charge in [-0.05, 0) is 30.5 Å². The van der Waals surface area contributed by atoms with Crippen LogP contribution in [-0.4, -0.2) is 27.1 Å². The van der Waals surface area contributed by atoms with Crippen LogP contribution >= 0.6 is 0 Å². The first kappa shape index (κ1) is 13.9. The monoisotopic (exact) mass is 282 g/mol. The van der Waals surface area contributed by atoms with E-state index in [9.17, 15) is 13.2 Å². The summed E-state index contributed by atoms with van der Waals surface area (Å²) in [5.41, 5.74) is 2.41. The summed E-state index contributed by atoms with van der Waals surface area (Å²) < 4.78 is 24.9. The maximum Gasteiger partial charge on any atom is 0.229 e. The fourth-order valence-corrected chi connectivity index (χ4v) is 2.86. The Balaban J connectivity index is 2.38. The number of fused-ring (bicyclic) bond motifs is 1. The van der Waals surface area contributed by atoms with Crippen LogP contribution in [0.1, 0.15) is 25.3 Å². The zero-order valence-electron chi connectivity index (χ0n) is 11.1. The van der Waals surface area contributed by atoms with Gasteiger partial charge in [-0.1, -0.05) is 13.0 Å². The molecule has 0 saturated heterocycles. The highest BCUT2D eigenvalue weighted by Crippen LogP contribution is 2.30. The molecule has 5 nitrogen and oxygen atoms in total. The normalized spacial score (nSPS) is 14.9. The van der Waals surface area contributed by atoms with Crippen LogP contribution in [0.15, 0.2) is 18.2 Å². The third-order valence-corrected chi connectivity index (χ3v) is 3.72. The number of carbonyl (C=O) groups excluding carboxylic acids is 1. The molecular weight excluding hydrogens is 264 g/mol. The number of amides is 1. The molecule has 1 aromatic carbocycles. The number of benzene rings is 1. The molecule has 0 saturated carbocycles. The third-order valence-electron chi connectivity index (χ3n) is 3.11. The van der Waals surface area contributed by atoms with Crippen LogP contribution < -0.4 is 9.62 Å². The largest absolute Gasteiger partial charge is 0.312 e. The molecule has 19 heavy (non-hydrogen) atoms. The Morgan fingerprint density at radius 3 is 2.79 bits per heavy atom. The van der Waals surface area contributed by atoms with E-state index in [4.69, 9.17) is 0 Å². The van der Waals surface area contributed by atoms with E-state index in [0.717, 1.165) is 30.3 Å². The van der Waals surface area contributed by atoms with Gasteiger partial charge in [-0.2, -0.15) is 0 Å². The second-order valence-corrected chi connectivity index (χ2v) is 6.47. The molecule has 1 amide bonds. The smallest absolute Gasteiger partial charge is 0.229 e. The minimum absolute atomic E-state index is 0.0671. The highest BCUT2D eigenvalue weighted by molar-refractivity contribution is 7.92. The van der Waals surface area contributed by atoms with E-state index in [1.54, 1.807) is 17.0 Å². The summed E-state index contributed by atoms with van der Waals surface area (Å²) in [7, 11) is -3.30. The molecule has 0 radical (unpaired) electrons. The van der Waals surface area contributed by atoms with Gasteiger partial charge in [0.1, 0.15) is 0 Å². The predicted molar refractivity (Wildman–Crippen MR) is 75.9 cm³/mol. The molecule has 1 heterocycles. The van der Waals surface area contributed by atoms with Gasteiger partial charge in [0.2, 0.25) is 15.9 Å². The van der Waals surface area contributed by atoms with Crippen molar-refractivity contribution in [1.29, 1.82) is 0 Å². The van der Waals surface area contributed by atoms with Gasteiger partial charge >= 0.3 is 0 Å². The summed E-state index contributed by atoms with van der Waals surface area (Å²) in [6.45, 7) is 2.53. The molecular formula is C13H18N2O3S. The van der Waals surface area contributed by atoms with Crippen LogP contribution in [0.25, 0.3) is 0 Å². The molecule has 0 bridgehead atoms. The number of sulfonamides is 1. The molecule has 1 N–H and O–H groups in total. The highest BCUT2D eigenvalue weighted by atomic mass is 32.2. The number of nitrogens with one attached hydrogen (secondary N) is 1. The number of nitrogens with zero attached hydrogens (tertiary/aromatic N) is 1. The Kier molecular flexibility index (Phi) is 3.80. The Bertz CT molecular complexity index is 596. The van der Waals surface area contributed by atoms with Gasteiger partial charge in [-0.3, -0.25) is 9.52 Å². The second kappa shape index (κ2) is 5.21. The second-order valence-electron chi connectivity index (χ2n) is 4.72. The lowest BCUT2D eigenvalue weighted by Gasteiger charge is -2.29. The van der Waals surface area contributed by atoms with Crippen LogP contribution in [0.4, 0.5) is 11.4 Å². The van der Waals surface area contributed by atoms with Crippen molar-refractivity contribution in [2.45, 2.75) is 26.2 Å². The van der Waals surface area contributed by atoms with E-state index < -0.39 is 10.0 Å². The summed E-state index contributed by atoms with van der Waals surface area (Å²) in [5, 5.41) is 0. The van der Waals surface area contributed by atoms with Gasteiger partial charge in [0.15, 0.2) is 0 Å². The first-order chi connectivity index (χ1) is 8.90. The van der Waals surface area contributed by atoms with E-state index in [1.807, 2.05) is 13.0 Å². The zero-order valence-corrected chi connectivity index (χ0v) is 12.0. The molecule has 104 valence electrons. The van der Waals surface area contributed by atoms with Gasteiger partial charge in [0.05, 0.1) is 11.9 Å². The number of hydrogen-bond donors (Lipinski definition) is 1. The number of anilines is 2. The van der Waals surface area contributed by atoms with Crippen LogP contribution in [0, 0.1) is 0 Å². The lowest BCUT2D eigenvalue weighted by molar-refractivity contribution is -0.118. The molecule has 6 heteroatoms. The summed E-state index contributed by atoms with van der Waals surface area (Å²) in [5.74, 6) is 0.0671. The summed E-state index contributed by atoms with van der Waals surface area (Å²) in [6, 6.07) is 5.36. The van der Waals surface area contributed by atoms with Crippen molar-refractivity contribution in [2.75, 3.05) is 22.4 Å². The van der Waals surface area contributed by atoms with Crippen LogP contribution in [0.2, 0.25) is 0 Å². The predicted octanol–water partition coefficient (Wildman–Crippen LogP) is 1.75. The highest BCUT2D eigenvalue weighted by Gasteiger charge is 2.21. The maximum atomic E-state index is 11.9. The lowest BCUT2D eigenvalue weighted by Crippen LogP contribution is -2.35. The number of aryl methyl sites for hydroxylation is 1. The minimum Gasteiger partial charge on any atom is -0.312 e. The van der Waals surface area contributed by atoms with Gasteiger partial charge in [-0.15, -0.1) is 0 Å². The molecule has 2 rings (SSSR count). The first-order valence-corrected chi connectivity index (χ1v) is 8.21. The van der Waals surface area contributed by atoms with Gasteiger partial charge in [0, 0.05) is 18.7 Å². The van der Waals surface area contributed by atoms with E-state index >= 15 is 0 Å². The third kappa shape index (κ3) is 3.26. The average Bonchev–Trinajstić information content (AvgIpc) is 2.35. The number of rotatable bonds is 3. The molecule has 0 atom stereocenters. The standard InChI is InChI=1S/C13H18N2O3S/c1-3-13(16)15-8-4-5-10-6-7-11(9-12(10)15)14-19(2,17)18/h6-7,9,14H,3-5,8H2,1-2H3. The minimum atomic E-state index is -3.30. The zero-order chi connectivity index (χ0) is 14.0. The van der Waals surface area contributed by atoms with Crippen LogP contribution in [-0.2, 0) is 21.2 Å². The topological polar surface area (TPSA) is 66.5 Å². The van der Waals surface area contributed by atoms with Crippen molar-refractivity contribution in [3.63, 3.8) is 0 Å². The van der Waals surface area contributed by atoms with E-state index in [1.165, 1.54) is 0 Å². The van der Waals surface area contributed by atoms with Crippen molar-refractivity contribution in [3.05, 3.63) is 23.8 Å². The lowest BCUT2D eigenvalue weighted by atomic mass is 10.0. The molecule has 0 spiro atoms. The Morgan fingerprint density at radius 1 is 1.42 bits per heavy atom. The molecule has 1 aromatic rings. The summed E-state index contributed by atoms with van der Waals surface area (Å²) in [4.78, 5) is 13.7. The van der Waals surface area contributed by atoms with Gasteiger partial charge < -0.3 is 4.90 Å². The van der Waals surface area contributed by atoms with Gasteiger partial charge in [0.25, 0.3) is 0 Å². The van der Waals surface area contributed by atoms with Crippen molar-refractivity contribution in [3.8, 4) is 0 Å². The Labute approximate surface area is 113 Å². The summed E-state index contributed by atoms with van der Waals surface area (Å²) >= 11 is 0. The molecule has 0 aromatic heterocycles. The van der Waals surface area contributed by atoms with Crippen molar-refractivity contribution >= 4 is 27.3 Å². The van der Waals surface area contributed by atoms with Crippen LogP contribution in [0.3, 0.4) is 0 Å². The van der Waals surface area contributed by atoms with E-state index in [2.05, 4.69) is 4.72 Å². The Hall–Kier alpha value is -1.56. The van der Waals surface area contributed by atoms with E-state index in [-0.39, 0.29) is 5.91 Å². The molecule has 1 aliphatic rings. The number of hydrogen-bond acceptors (Lipinski definition) is 3. The fourth-order valence-electron chi connectivity index (χ4n) is 2.30. The fraction of sp³-hybridized carbons (Fsp3) is 0.462. The Morgan fingerprint density at radius 2 is 2.16 bits per heavy atom. The van der Waals surface area contributed by atoms with Crippen molar-refractivity contribution in [2.24, 2.45) is 0 Å². The SMILES string of the molecule is CCC(=O)N1CCCc2ccc(NS(C)(=O)=O)cc21. The van der Waals surface area contributed by atoms with Crippen molar-refractivity contribution in [1.82, 2.24) is 0 Å². The quantitative estimate of drug-likeness (QED) is 0.918. The molecule has 0 aliphatic carbocycles. The molecule has 0 unspecified atom stereocenters. The van der Waals surface area contributed by atoms with Crippen LogP contribution in [0.5, 0.6) is 0 Å². The van der Waals surface area contributed by atoms with Gasteiger partial charge in [-0.25, -0.2) is 8.42 Å². The van der Waals surface area contributed by atoms with Crippen molar-refractivity contribution < 1.29 is 13.2 Å².